The lowest BCUT2D eigenvalue weighted by atomic mass is 10.1. The second kappa shape index (κ2) is 6.85. The fourth-order valence-electron chi connectivity index (χ4n) is 1.73. The molecule has 6 heteroatoms. The van der Waals surface area contributed by atoms with Gasteiger partial charge in [0, 0.05) is 23.3 Å². The Kier molecular flexibility index (Phi) is 4.90. The van der Waals surface area contributed by atoms with Crippen LogP contribution in [0.25, 0.3) is 0 Å². The summed E-state index contributed by atoms with van der Waals surface area (Å²) in [5.74, 6) is -1.19. The predicted octanol–water partition coefficient (Wildman–Crippen LogP) is 3.00. The van der Waals surface area contributed by atoms with Crippen LogP contribution >= 0.6 is 11.6 Å². The van der Waals surface area contributed by atoms with Crippen LogP contribution in [0.1, 0.15) is 22.5 Å². The van der Waals surface area contributed by atoms with Gasteiger partial charge in [-0.3, -0.25) is 14.6 Å². The number of hydrogen-bond acceptors (Lipinski definition) is 3. The molecule has 1 amide bonds. The fourth-order valence-corrected chi connectivity index (χ4v) is 1.89. The predicted molar refractivity (Wildman–Crippen MR) is 79.6 cm³/mol. The van der Waals surface area contributed by atoms with Gasteiger partial charge in [-0.05, 0) is 36.2 Å². The van der Waals surface area contributed by atoms with Crippen LogP contribution in [0.3, 0.4) is 0 Å². The topological polar surface area (TPSA) is 79.3 Å². The molecule has 1 aromatic carbocycles. The van der Waals surface area contributed by atoms with Gasteiger partial charge in [0.2, 0.25) is 0 Å². The molecule has 0 fully saturated rings. The number of aliphatic carboxylic acids is 1. The summed E-state index contributed by atoms with van der Waals surface area (Å²) in [5.41, 5.74) is 1.74. The zero-order chi connectivity index (χ0) is 15.2. The number of carbonyl (C=O) groups excluding carboxylic acids is 1. The number of pyridine rings is 1. The first-order valence-electron chi connectivity index (χ1n) is 6.28. The molecule has 1 aromatic heterocycles. The molecule has 0 spiro atoms. The van der Waals surface area contributed by atoms with Crippen molar-refractivity contribution in [3.63, 3.8) is 0 Å². The number of halogens is 1. The molecule has 0 bridgehead atoms. The Hall–Kier alpha value is -2.40. The standard InChI is InChI=1S/C15H13ClN2O3/c16-11-7-8-17-13(9-11)15(21)18-12-4-1-10(2-5-12)3-6-14(19)20/h1-2,4-5,7-9H,3,6H2,(H,18,21)(H,19,20). The van der Waals surface area contributed by atoms with E-state index in [2.05, 4.69) is 10.3 Å². The number of carboxylic acids is 1. The summed E-state index contributed by atoms with van der Waals surface area (Å²) < 4.78 is 0. The summed E-state index contributed by atoms with van der Waals surface area (Å²) in [7, 11) is 0. The van der Waals surface area contributed by atoms with Crippen LogP contribution in [-0.4, -0.2) is 22.0 Å². The van der Waals surface area contributed by atoms with Crippen LogP contribution in [-0.2, 0) is 11.2 Å². The van der Waals surface area contributed by atoms with Gasteiger partial charge in [-0.1, -0.05) is 23.7 Å². The van der Waals surface area contributed by atoms with E-state index in [1.807, 2.05) is 0 Å². The monoisotopic (exact) mass is 304 g/mol. The largest absolute Gasteiger partial charge is 0.481 e. The Labute approximate surface area is 126 Å². The summed E-state index contributed by atoms with van der Waals surface area (Å²) >= 11 is 5.81. The normalized spacial score (nSPS) is 10.1. The molecule has 0 unspecified atom stereocenters. The highest BCUT2D eigenvalue weighted by molar-refractivity contribution is 6.30. The van der Waals surface area contributed by atoms with Crippen molar-refractivity contribution in [2.24, 2.45) is 0 Å². The first-order valence-corrected chi connectivity index (χ1v) is 6.66. The van der Waals surface area contributed by atoms with Crippen molar-refractivity contribution in [2.75, 3.05) is 5.32 Å². The molecule has 0 aliphatic rings. The first-order chi connectivity index (χ1) is 10.0. The van der Waals surface area contributed by atoms with Gasteiger partial charge in [0.15, 0.2) is 0 Å². The Morgan fingerprint density at radius 2 is 1.90 bits per heavy atom. The highest BCUT2D eigenvalue weighted by Gasteiger charge is 2.08. The summed E-state index contributed by atoms with van der Waals surface area (Å²) in [6.07, 6.45) is 2.00. The first kappa shape index (κ1) is 15.0. The van der Waals surface area contributed by atoms with Gasteiger partial charge >= 0.3 is 5.97 Å². The lowest BCUT2D eigenvalue weighted by Gasteiger charge is -2.06. The number of hydrogen-bond donors (Lipinski definition) is 2. The van der Waals surface area contributed by atoms with Gasteiger partial charge in [0.25, 0.3) is 5.91 Å². The van der Waals surface area contributed by atoms with Gasteiger partial charge < -0.3 is 10.4 Å². The molecule has 0 saturated heterocycles. The van der Waals surface area contributed by atoms with Crippen molar-refractivity contribution in [2.45, 2.75) is 12.8 Å². The smallest absolute Gasteiger partial charge is 0.303 e. The maximum absolute atomic E-state index is 12.0. The quantitative estimate of drug-likeness (QED) is 0.890. The molecule has 2 N–H and O–H groups in total. The third kappa shape index (κ3) is 4.57. The molecule has 108 valence electrons. The van der Waals surface area contributed by atoms with E-state index in [1.165, 1.54) is 12.3 Å². The number of carbonyl (C=O) groups is 2. The van der Waals surface area contributed by atoms with Gasteiger partial charge in [-0.25, -0.2) is 0 Å². The minimum atomic E-state index is -0.834. The highest BCUT2D eigenvalue weighted by atomic mass is 35.5. The maximum atomic E-state index is 12.0. The molecule has 0 radical (unpaired) electrons. The number of aromatic nitrogens is 1. The molecule has 0 saturated carbocycles. The van der Waals surface area contributed by atoms with Crippen LogP contribution in [0.15, 0.2) is 42.6 Å². The molecule has 2 aromatic rings. The Morgan fingerprint density at radius 3 is 2.52 bits per heavy atom. The van der Waals surface area contributed by atoms with Gasteiger partial charge in [0.1, 0.15) is 5.69 Å². The van der Waals surface area contributed by atoms with E-state index < -0.39 is 5.97 Å². The highest BCUT2D eigenvalue weighted by Crippen LogP contribution is 2.13. The number of benzene rings is 1. The third-order valence-electron chi connectivity index (χ3n) is 2.79. The van der Waals surface area contributed by atoms with Gasteiger partial charge in [-0.15, -0.1) is 0 Å². The van der Waals surface area contributed by atoms with Crippen LogP contribution in [0.2, 0.25) is 5.02 Å². The van der Waals surface area contributed by atoms with Crippen molar-refractivity contribution in [3.05, 3.63) is 58.9 Å². The van der Waals surface area contributed by atoms with E-state index in [9.17, 15) is 9.59 Å². The molecular weight excluding hydrogens is 292 g/mol. The summed E-state index contributed by atoms with van der Waals surface area (Å²) in [6.45, 7) is 0. The molecule has 1 heterocycles. The Bertz CT molecular complexity index is 656. The zero-order valence-corrected chi connectivity index (χ0v) is 11.8. The number of amides is 1. The summed E-state index contributed by atoms with van der Waals surface area (Å²) in [5, 5.41) is 11.8. The van der Waals surface area contributed by atoms with E-state index >= 15 is 0 Å². The molecular formula is C15H13ClN2O3. The third-order valence-corrected chi connectivity index (χ3v) is 3.03. The van der Waals surface area contributed by atoms with E-state index in [4.69, 9.17) is 16.7 Å². The lowest BCUT2D eigenvalue weighted by molar-refractivity contribution is -0.136. The minimum absolute atomic E-state index is 0.0815. The number of aryl methyl sites for hydroxylation is 1. The van der Waals surface area contributed by atoms with E-state index in [1.54, 1.807) is 30.3 Å². The SMILES string of the molecule is O=C(O)CCc1ccc(NC(=O)c2cc(Cl)ccn2)cc1. The number of carboxylic acid groups (broad SMARTS) is 1. The minimum Gasteiger partial charge on any atom is -0.481 e. The van der Waals surface area contributed by atoms with Crippen molar-refractivity contribution in [1.82, 2.24) is 4.98 Å². The summed E-state index contributed by atoms with van der Waals surface area (Å²) in [4.78, 5) is 26.4. The average Bonchev–Trinajstić information content (AvgIpc) is 2.46. The van der Waals surface area contributed by atoms with E-state index in [-0.39, 0.29) is 18.0 Å². The van der Waals surface area contributed by atoms with Crippen molar-refractivity contribution < 1.29 is 14.7 Å². The molecule has 0 aliphatic heterocycles. The van der Waals surface area contributed by atoms with Crippen LogP contribution in [0.5, 0.6) is 0 Å². The number of nitrogens with zero attached hydrogens (tertiary/aromatic N) is 1. The van der Waals surface area contributed by atoms with Crippen molar-refractivity contribution in [1.29, 1.82) is 0 Å². The van der Waals surface area contributed by atoms with Gasteiger partial charge in [-0.2, -0.15) is 0 Å². The molecule has 0 aliphatic carbocycles. The van der Waals surface area contributed by atoms with Crippen molar-refractivity contribution >= 4 is 29.2 Å². The number of rotatable bonds is 5. The van der Waals surface area contributed by atoms with Crippen molar-refractivity contribution in [3.8, 4) is 0 Å². The second-order valence-corrected chi connectivity index (χ2v) is 4.84. The molecule has 5 nitrogen and oxygen atoms in total. The number of nitrogens with one attached hydrogen (secondary N) is 1. The second-order valence-electron chi connectivity index (χ2n) is 4.40. The average molecular weight is 305 g/mol. The van der Waals surface area contributed by atoms with E-state index in [0.29, 0.717) is 17.1 Å². The lowest BCUT2D eigenvalue weighted by Crippen LogP contribution is -2.13. The molecule has 21 heavy (non-hydrogen) atoms. The zero-order valence-electron chi connectivity index (χ0n) is 11.0. The molecule has 0 atom stereocenters. The van der Waals surface area contributed by atoms with Crippen LogP contribution in [0.4, 0.5) is 5.69 Å². The van der Waals surface area contributed by atoms with Gasteiger partial charge in [0.05, 0.1) is 0 Å². The Balaban J connectivity index is 2.00. The van der Waals surface area contributed by atoms with E-state index in [0.717, 1.165) is 5.56 Å². The Morgan fingerprint density at radius 1 is 1.19 bits per heavy atom. The summed E-state index contributed by atoms with van der Waals surface area (Å²) in [6, 6.07) is 10.1. The fraction of sp³-hybridized carbons (Fsp3) is 0.133. The maximum Gasteiger partial charge on any atom is 0.303 e. The van der Waals surface area contributed by atoms with Crippen LogP contribution in [0, 0.1) is 0 Å². The number of anilines is 1. The van der Waals surface area contributed by atoms with Crippen LogP contribution < -0.4 is 5.32 Å². The molecule has 2 rings (SSSR count).